The van der Waals surface area contributed by atoms with Crippen molar-refractivity contribution >= 4 is 81.6 Å². The average Bonchev–Trinajstić information content (AvgIpc) is 3.51. The number of fused-ring (bicyclic) bond motifs is 9. The summed E-state index contributed by atoms with van der Waals surface area (Å²) in [5.41, 5.74) is 6.96. The molecule has 5 aromatic carbocycles. The van der Waals surface area contributed by atoms with Crippen LogP contribution >= 0.6 is 15.9 Å². The van der Waals surface area contributed by atoms with Crippen LogP contribution in [0.4, 0.5) is 0 Å². The van der Waals surface area contributed by atoms with Gasteiger partial charge in [-0.1, -0.05) is 58.4 Å². The summed E-state index contributed by atoms with van der Waals surface area (Å²) in [5.74, 6) is 0. The molecular weight excluding hydrogens is 486 g/mol. The Balaban J connectivity index is 1.52. The first-order valence-corrected chi connectivity index (χ1v) is 12.0. The van der Waals surface area contributed by atoms with Crippen molar-refractivity contribution in [2.75, 3.05) is 0 Å². The molecule has 0 atom stereocenters. The Morgan fingerprint density at radius 3 is 2.21 bits per heavy atom. The topological polar surface area (TPSA) is 31.2 Å². The third-order valence-corrected chi connectivity index (χ3v) is 7.52. The Labute approximate surface area is 201 Å². The molecule has 160 valence electrons. The van der Waals surface area contributed by atoms with Gasteiger partial charge in [0.05, 0.1) is 11.0 Å². The molecule has 0 radical (unpaired) electrons. The van der Waals surface area contributed by atoms with Gasteiger partial charge >= 0.3 is 0 Å². The van der Waals surface area contributed by atoms with Crippen molar-refractivity contribution in [1.82, 2.24) is 4.57 Å². The number of benzene rings is 5. The van der Waals surface area contributed by atoms with Crippen LogP contribution in [-0.2, 0) is 0 Å². The molecular formula is C30H16BrNO2. The molecule has 3 heterocycles. The van der Waals surface area contributed by atoms with Crippen LogP contribution in [0.5, 0.6) is 0 Å². The summed E-state index contributed by atoms with van der Waals surface area (Å²) in [7, 11) is 0. The lowest BCUT2D eigenvalue weighted by Gasteiger charge is -2.08. The van der Waals surface area contributed by atoms with E-state index < -0.39 is 0 Å². The van der Waals surface area contributed by atoms with E-state index in [1.54, 1.807) is 0 Å². The lowest BCUT2D eigenvalue weighted by atomic mass is 10.1. The van der Waals surface area contributed by atoms with Crippen LogP contribution in [0.1, 0.15) is 0 Å². The minimum absolute atomic E-state index is 0.881. The number of aromatic nitrogens is 1. The highest BCUT2D eigenvalue weighted by Crippen LogP contribution is 2.40. The van der Waals surface area contributed by atoms with E-state index in [1.807, 2.05) is 24.3 Å². The number of para-hydroxylation sites is 2. The second-order valence-corrected chi connectivity index (χ2v) is 9.57. The van der Waals surface area contributed by atoms with E-state index in [1.165, 1.54) is 16.3 Å². The zero-order valence-corrected chi connectivity index (χ0v) is 19.5. The van der Waals surface area contributed by atoms with Crippen molar-refractivity contribution in [3.05, 3.63) is 102 Å². The maximum absolute atomic E-state index is 6.24. The van der Waals surface area contributed by atoms with Gasteiger partial charge in [-0.25, -0.2) is 0 Å². The summed E-state index contributed by atoms with van der Waals surface area (Å²) in [6.45, 7) is 0. The van der Waals surface area contributed by atoms with E-state index in [4.69, 9.17) is 8.83 Å². The highest BCUT2D eigenvalue weighted by atomic mass is 79.9. The molecule has 0 N–H and O–H groups in total. The minimum Gasteiger partial charge on any atom is -0.456 e. The molecule has 8 rings (SSSR count). The first-order chi connectivity index (χ1) is 16.8. The van der Waals surface area contributed by atoms with Gasteiger partial charge < -0.3 is 13.4 Å². The number of rotatable bonds is 1. The summed E-state index contributed by atoms with van der Waals surface area (Å²) in [4.78, 5) is 0. The molecule has 3 nitrogen and oxygen atoms in total. The van der Waals surface area contributed by atoms with E-state index in [2.05, 4.69) is 93.3 Å². The number of hydrogen-bond donors (Lipinski definition) is 0. The molecule has 0 spiro atoms. The Kier molecular flexibility index (Phi) is 3.53. The van der Waals surface area contributed by atoms with Crippen LogP contribution in [0.3, 0.4) is 0 Å². The van der Waals surface area contributed by atoms with Crippen molar-refractivity contribution in [1.29, 1.82) is 0 Å². The predicted molar refractivity (Wildman–Crippen MR) is 143 cm³/mol. The third-order valence-electron chi connectivity index (χ3n) is 6.86. The highest BCUT2D eigenvalue weighted by molar-refractivity contribution is 9.10. The lowest BCUT2D eigenvalue weighted by Crippen LogP contribution is -1.93. The van der Waals surface area contributed by atoms with Gasteiger partial charge in [0.25, 0.3) is 0 Å². The molecule has 3 aromatic heterocycles. The van der Waals surface area contributed by atoms with Gasteiger partial charge in [-0.05, 0) is 48.5 Å². The smallest absolute Gasteiger partial charge is 0.137 e. The molecule has 0 aliphatic rings. The fraction of sp³-hybridized carbons (Fsp3) is 0. The minimum atomic E-state index is 0.881. The predicted octanol–water partition coefficient (Wildman–Crippen LogP) is 9.34. The monoisotopic (exact) mass is 501 g/mol. The van der Waals surface area contributed by atoms with E-state index in [9.17, 15) is 0 Å². The molecule has 0 fully saturated rings. The van der Waals surface area contributed by atoms with Crippen LogP contribution in [-0.4, -0.2) is 4.57 Å². The Morgan fingerprint density at radius 1 is 0.500 bits per heavy atom. The van der Waals surface area contributed by atoms with Crippen LogP contribution in [0.15, 0.2) is 110 Å². The van der Waals surface area contributed by atoms with Crippen molar-refractivity contribution in [2.24, 2.45) is 0 Å². The molecule has 0 amide bonds. The first-order valence-electron chi connectivity index (χ1n) is 11.2. The number of furan rings is 2. The zero-order chi connectivity index (χ0) is 22.4. The molecule has 4 heteroatoms. The van der Waals surface area contributed by atoms with Crippen molar-refractivity contribution in [3.8, 4) is 5.69 Å². The third kappa shape index (κ3) is 2.36. The van der Waals surface area contributed by atoms with E-state index in [0.29, 0.717) is 0 Å². The standard InChI is InChI=1S/C30H16BrNO2/c31-23-8-5-11-28-30(23)22-14-17(12-13-27(22)33-28)32-24-9-3-1-6-18(24)20-15-21-19-7-2-4-10-26(19)34-29(21)16-25(20)32/h1-16H. The van der Waals surface area contributed by atoms with E-state index >= 15 is 0 Å². The molecule has 0 bridgehead atoms. The van der Waals surface area contributed by atoms with Crippen molar-refractivity contribution in [3.63, 3.8) is 0 Å². The van der Waals surface area contributed by atoms with Crippen molar-refractivity contribution < 1.29 is 8.83 Å². The maximum atomic E-state index is 6.24. The second kappa shape index (κ2) is 6.52. The summed E-state index contributed by atoms with van der Waals surface area (Å²) < 4.78 is 15.7. The van der Waals surface area contributed by atoms with Crippen molar-refractivity contribution in [2.45, 2.75) is 0 Å². The Morgan fingerprint density at radius 2 is 1.26 bits per heavy atom. The van der Waals surface area contributed by atoms with Crippen LogP contribution in [0.2, 0.25) is 0 Å². The molecule has 0 saturated heterocycles. The van der Waals surface area contributed by atoms with Crippen LogP contribution < -0.4 is 0 Å². The average molecular weight is 502 g/mol. The normalized spacial score (nSPS) is 12.3. The number of nitrogens with zero attached hydrogens (tertiary/aromatic N) is 1. The molecule has 0 aliphatic heterocycles. The largest absolute Gasteiger partial charge is 0.456 e. The van der Waals surface area contributed by atoms with Crippen LogP contribution in [0.25, 0.3) is 71.4 Å². The first kappa shape index (κ1) is 18.4. The number of halogens is 1. The quantitative estimate of drug-likeness (QED) is 0.224. The fourth-order valence-corrected chi connectivity index (χ4v) is 5.94. The Bertz CT molecular complexity index is 2090. The fourth-order valence-electron chi connectivity index (χ4n) is 5.38. The molecule has 0 unspecified atom stereocenters. The van der Waals surface area contributed by atoms with Gasteiger partial charge in [-0.2, -0.15) is 0 Å². The number of hydrogen-bond acceptors (Lipinski definition) is 2. The summed E-state index contributed by atoms with van der Waals surface area (Å²) in [6, 6.07) is 33.8. The molecule has 0 saturated carbocycles. The van der Waals surface area contributed by atoms with Gasteiger partial charge in [0.2, 0.25) is 0 Å². The zero-order valence-electron chi connectivity index (χ0n) is 17.9. The summed E-state index contributed by atoms with van der Waals surface area (Å²) in [6.07, 6.45) is 0. The molecule has 0 aliphatic carbocycles. The van der Waals surface area contributed by atoms with E-state index in [0.717, 1.165) is 59.6 Å². The van der Waals surface area contributed by atoms with Crippen LogP contribution in [0, 0.1) is 0 Å². The van der Waals surface area contributed by atoms with E-state index in [-0.39, 0.29) is 0 Å². The van der Waals surface area contributed by atoms with Gasteiger partial charge in [0, 0.05) is 48.5 Å². The molecule has 8 aromatic rings. The van der Waals surface area contributed by atoms with Gasteiger partial charge in [0.15, 0.2) is 0 Å². The summed E-state index contributed by atoms with van der Waals surface area (Å²) in [5, 5.41) is 6.92. The second-order valence-electron chi connectivity index (χ2n) is 8.71. The van der Waals surface area contributed by atoms with Gasteiger partial charge in [-0.3, -0.25) is 0 Å². The SMILES string of the molecule is Brc1cccc2oc3ccc(-n4c5ccccc5c5cc6c(cc54)oc4ccccc46)cc3c12. The Hall–Kier alpha value is -4.02. The highest BCUT2D eigenvalue weighted by Gasteiger charge is 2.17. The van der Waals surface area contributed by atoms with Gasteiger partial charge in [0.1, 0.15) is 22.3 Å². The lowest BCUT2D eigenvalue weighted by molar-refractivity contribution is 0.668. The summed E-state index contributed by atoms with van der Waals surface area (Å²) >= 11 is 3.71. The van der Waals surface area contributed by atoms with Gasteiger partial charge in [-0.15, -0.1) is 0 Å². The molecule has 34 heavy (non-hydrogen) atoms. The maximum Gasteiger partial charge on any atom is 0.137 e.